The first-order valence-electron chi connectivity index (χ1n) is 9.88. The van der Waals surface area contributed by atoms with Crippen molar-refractivity contribution in [2.75, 3.05) is 30.4 Å². The average Bonchev–Trinajstić information content (AvgIpc) is 2.99. The summed E-state index contributed by atoms with van der Waals surface area (Å²) in [5.41, 5.74) is 0.966. The van der Waals surface area contributed by atoms with Gasteiger partial charge in [-0.25, -0.2) is 4.39 Å². The van der Waals surface area contributed by atoms with Gasteiger partial charge < -0.3 is 20.3 Å². The molecule has 1 unspecified atom stereocenters. The third-order valence-electron chi connectivity index (χ3n) is 4.88. The maximum Gasteiger partial charge on any atom is 0.256 e. The van der Waals surface area contributed by atoms with Crippen molar-refractivity contribution in [1.29, 1.82) is 0 Å². The molecule has 10 heteroatoms. The monoisotopic (exact) mass is 458 g/mol. The number of ether oxygens (including phenoxy) is 1. The number of carbonyl (C=O) groups is 3. The maximum absolute atomic E-state index is 13.3. The molecule has 0 aliphatic carbocycles. The summed E-state index contributed by atoms with van der Waals surface area (Å²) in [6.45, 7) is 1.91. The predicted molar refractivity (Wildman–Crippen MR) is 122 cm³/mol. The third kappa shape index (κ3) is 5.38. The number of hydrogen-bond acceptors (Lipinski definition) is 5. The summed E-state index contributed by atoms with van der Waals surface area (Å²) in [5.74, 6) is -0.766. The summed E-state index contributed by atoms with van der Waals surface area (Å²) in [4.78, 5) is 40.1. The van der Waals surface area contributed by atoms with E-state index in [1.54, 1.807) is 36.3 Å². The van der Waals surface area contributed by atoms with Gasteiger partial charge in [-0.2, -0.15) is 0 Å². The molecule has 1 saturated heterocycles. The van der Waals surface area contributed by atoms with Crippen LogP contribution < -0.4 is 20.3 Å². The van der Waals surface area contributed by atoms with Crippen molar-refractivity contribution in [2.24, 2.45) is 0 Å². The molecule has 8 nitrogen and oxygen atoms in total. The topological polar surface area (TPSA) is 91.0 Å². The van der Waals surface area contributed by atoms with Gasteiger partial charge in [0.25, 0.3) is 5.91 Å². The predicted octanol–water partition coefficient (Wildman–Crippen LogP) is 2.30. The molecule has 168 valence electrons. The Morgan fingerprint density at radius 1 is 1.12 bits per heavy atom. The lowest BCUT2D eigenvalue weighted by Gasteiger charge is -2.24. The van der Waals surface area contributed by atoms with Crippen molar-refractivity contribution in [2.45, 2.75) is 19.4 Å². The van der Waals surface area contributed by atoms with E-state index in [1.807, 2.05) is 0 Å². The Balaban J connectivity index is 1.79. The van der Waals surface area contributed by atoms with Crippen LogP contribution >= 0.6 is 12.2 Å². The second-order valence-corrected chi connectivity index (χ2v) is 7.47. The van der Waals surface area contributed by atoms with Crippen molar-refractivity contribution >= 4 is 46.4 Å². The lowest BCUT2D eigenvalue weighted by atomic mass is 10.1. The highest BCUT2D eigenvalue weighted by Crippen LogP contribution is 2.28. The van der Waals surface area contributed by atoms with E-state index in [2.05, 4.69) is 10.6 Å². The van der Waals surface area contributed by atoms with Crippen molar-refractivity contribution in [3.8, 4) is 5.75 Å². The van der Waals surface area contributed by atoms with Gasteiger partial charge in [0.1, 0.15) is 17.6 Å². The quantitative estimate of drug-likeness (QED) is 0.590. The molecule has 1 aliphatic heterocycles. The zero-order chi connectivity index (χ0) is 23.3. The molecule has 0 saturated carbocycles. The van der Waals surface area contributed by atoms with Crippen LogP contribution in [0.15, 0.2) is 48.5 Å². The molecule has 0 aromatic heterocycles. The van der Waals surface area contributed by atoms with E-state index in [9.17, 15) is 18.8 Å². The maximum atomic E-state index is 13.3. The Labute approximate surface area is 190 Å². The summed E-state index contributed by atoms with van der Waals surface area (Å²) in [6.07, 6.45) is -0.164. The van der Waals surface area contributed by atoms with E-state index in [4.69, 9.17) is 17.0 Å². The molecule has 3 rings (SSSR count). The normalized spacial score (nSPS) is 15.7. The number of halogens is 1. The molecule has 1 aliphatic rings. The average molecular weight is 459 g/mol. The summed E-state index contributed by atoms with van der Waals surface area (Å²) in [7, 11) is 1.54. The number of hydrogen-bond donors (Lipinski definition) is 2. The van der Waals surface area contributed by atoms with Crippen LogP contribution in [0.3, 0.4) is 0 Å². The largest absolute Gasteiger partial charge is 0.497 e. The van der Waals surface area contributed by atoms with Gasteiger partial charge in [-0.15, -0.1) is 0 Å². The second-order valence-electron chi connectivity index (χ2n) is 7.11. The van der Waals surface area contributed by atoms with E-state index < -0.39 is 17.8 Å². The van der Waals surface area contributed by atoms with Gasteiger partial charge in [-0.3, -0.25) is 19.3 Å². The third-order valence-corrected chi connectivity index (χ3v) is 5.30. The molecular weight excluding hydrogens is 435 g/mol. The van der Waals surface area contributed by atoms with Crippen LogP contribution in [0.25, 0.3) is 0 Å². The van der Waals surface area contributed by atoms with Gasteiger partial charge in [-0.05, 0) is 60.7 Å². The Bertz CT molecular complexity index is 1010. The van der Waals surface area contributed by atoms with Gasteiger partial charge in [0.15, 0.2) is 5.11 Å². The van der Waals surface area contributed by atoms with Gasteiger partial charge in [0.2, 0.25) is 11.8 Å². The van der Waals surface area contributed by atoms with Crippen LogP contribution in [0.2, 0.25) is 0 Å². The van der Waals surface area contributed by atoms with E-state index in [0.717, 1.165) is 0 Å². The molecule has 0 radical (unpaired) electrons. The number of rotatable bonds is 8. The first kappa shape index (κ1) is 23.1. The highest BCUT2D eigenvalue weighted by Gasteiger charge is 2.43. The Kier molecular flexibility index (Phi) is 7.37. The molecule has 2 aromatic carbocycles. The van der Waals surface area contributed by atoms with E-state index >= 15 is 0 Å². The number of nitrogens with one attached hydrogen (secondary N) is 2. The number of nitrogens with zero attached hydrogens (tertiary/aromatic N) is 2. The highest BCUT2D eigenvalue weighted by atomic mass is 32.1. The van der Waals surface area contributed by atoms with Gasteiger partial charge in [0, 0.05) is 25.7 Å². The number of thiocarbonyl (C=S) groups is 1. The summed E-state index contributed by atoms with van der Waals surface area (Å²) >= 11 is 5.55. The van der Waals surface area contributed by atoms with Crippen LogP contribution in [0.4, 0.5) is 15.8 Å². The number of methoxy groups -OCH3 is 1. The zero-order valence-corrected chi connectivity index (χ0v) is 18.4. The standard InChI is InChI=1S/C22H23FN4O4S/c1-14(28)24-11-12-26-19(13-20(29)25-16-5-3-15(23)4-6-16)21(30)27(22(26)32)17-7-9-18(31-2)10-8-17/h3-10,19H,11-13H2,1-2H3,(H,24,28)(H,25,29). The smallest absolute Gasteiger partial charge is 0.256 e. The molecule has 1 atom stereocenters. The van der Waals surface area contributed by atoms with Crippen LogP contribution in [0, 0.1) is 5.82 Å². The van der Waals surface area contributed by atoms with Crippen molar-refractivity contribution in [3.63, 3.8) is 0 Å². The lowest BCUT2D eigenvalue weighted by molar-refractivity contribution is -0.124. The summed E-state index contributed by atoms with van der Waals surface area (Å²) < 4.78 is 18.3. The van der Waals surface area contributed by atoms with E-state index in [-0.39, 0.29) is 36.4 Å². The number of carbonyl (C=O) groups excluding carboxylic acids is 3. The molecule has 1 fully saturated rings. The fourth-order valence-electron chi connectivity index (χ4n) is 3.33. The minimum absolute atomic E-state index is 0.164. The highest BCUT2D eigenvalue weighted by molar-refractivity contribution is 7.80. The Morgan fingerprint density at radius 3 is 2.38 bits per heavy atom. The zero-order valence-electron chi connectivity index (χ0n) is 17.6. The minimum atomic E-state index is -0.848. The fourth-order valence-corrected chi connectivity index (χ4v) is 3.74. The fraction of sp³-hybridized carbons (Fsp3) is 0.273. The van der Waals surface area contributed by atoms with Crippen molar-refractivity contribution < 1.29 is 23.5 Å². The summed E-state index contributed by atoms with van der Waals surface area (Å²) in [6, 6.07) is 11.3. The van der Waals surface area contributed by atoms with Crippen LogP contribution in [0.5, 0.6) is 5.75 Å². The second kappa shape index (κ2) is 10.2. The van der Waals surface area contributed by atoms with E-state index in [1.165, 1.54) is 36.1 Å². The van der Waals surface area contributed by atoms with Gasteiger partial charge in [-0.1, -0.05) is 0 Å². The molecule has 2 aromatic rings. The molecule has 3 amide bonds. The van der Waals surface area contributed by atoms with E-state index in [0.29, 0.717) is 17.1 Å². The molecule has 0 bridgehead atoms. The van der Waals surface area contributed by atoms with Crippen molar-refractivity contribution in [1.82, 2.24) is 10.2 Å². The first-order valence-corrected chi connectivity index (χ1v) is 10.3. The molecule has 32 heavy (non-hydrogen) atoms. The lowest BCUT2D eigenvalue weighted by Crippen LogP contribution is -2.42. The number of benzene rings is 2. The van der Waals surface area contributed by atoms with Crippen molar-refractivity contribution in [3.05, 3.63) is 54.3 Å². The molecule has 1 heterocycles. The SMILES string of the molecule is COc1ccc(N2C(=O)C(CC(=O)Nc3ccc(F)cc3)N(CCNC(C)=O)C2=S)cc1. The van der Waals surface area contributed by atoms with Gasteiger partial charge in [0.05, 0.1) is 19.2 Å². The molecule has 0 spiro atoms. The molecular formula is C22H23FN4O4S. The first-order chi connectivity index (χ1) is 15.3. The van der Waals surface area contributed by atoms with Crippen LogP contribution in [-0.2, 0) is 14.4 Å². The van der Waals surface area contributed by atoms with Crippen LogP contribution in [-0.4, -0.2) is 54.0 Å². The summed E-state index contributed by atoms with van der Waals surface area (Å²) in [5, 5.41) is 5.58. The number of anilines is 2. The van der Waals surface area contributed by atoms with Crippen LogP contribution in [0.1, 0.15) is 13.3 Å². The van der Waals surface area contributed by atoms with Gasteiger partial charge >= 0.3 is 0 Å². The Hall–Kier alpha value is -3.53. The Morgan fingerprint density at radius 2 is 1.78 bits per heavy atom. The number of amides is 3. The minimum Gasteiger partial charge on any atom is -0.497 e. The molecule has 2 N–H and O–H groups in total.